The van der Waals surface area contributed by atoms with Gasteiger partial charge in [-0.1, -0.05) is 17.7 Å². The first-order chi connectivity index (χ1) is 12.0. The second-order valence-electron chi connectivity index (χ2n) is 5.71. The van der Waals surface area contributed by atoms with Crippen LogP contribution >= 0.6 is 0 Å². The van der Waals surface area contributed by atoms with E-state index in [4.69, 9.17) is 18.9 Å². The van der Waals surface area contributed by atoms with Gasteiger partial charge in [0.25, 0.3) is 0 Å². The zero-order valence-corrected chi connectivity index (χ0v) is 14.0. The first-order valence-electron chi connectivity index (χ1n) is 7.81. The average Bonchev–Trinajstić information content (AvgIpc) is 3.06. The maximum atomic E-state index is 12.1. The Labute approximate surface area is 145 Å². The zero-order valence-electron chi connectivity index (χ0n) is 14.0. The van der Waals surface area contributed by atoms with Crippen molar-refractivity contribution in [2.24, 2.45) is 0 Å². The van der Waals surface area contributed by atoms with Gasteiger partial charge in [-0.3, -0.25) is 4.79 Å². The number of carbonyl (C=O) groups excluding carboxylic acids is 2. The number of carbonyl (C=O) groups is 2. The number of hydrogen-bond acceptors (Lipinski definition) is 6. The standard InChI is InChI=1S/C19H18O6/c1-12-3-5-16(13(2)7-12)22-10-19(21)23-9-15(20)14-4-6-17-18(8-14)25-11-24-17/h3-8H,9-11H2,1-2H3. The maximum Gasteiger partial charge on any atom is 0.344 e. The molecule has 1 aliphatic heterocycles. The summed E-state index contributed by atoms with van der Waals surface area (Å²) in [5.41, 5.74) is 2.44. The molecule has 0 spiro atoms. The fraction of sp³-hybridized carbons (Fsp3) is 0.263. The van der Waals surface area contributed by atoms with Gasteiger partial charge in [-0.15, -0.1) is 0 Å². The van der Waals surface area contributed by atoms with Crippen molar-refractivity contribution in [2.75, 3.05) is 20.0 Å². The predicted octanol–water partition coefficient (Wildman–Crippen LogP) is 2.84. The van der Waals surface area contributed by atoms with Gasteiger partial charge in [0.1, 0.15) is 5.75 Å². The van der Waals surface area contributed by atoms with Crippen LogP contribution in [0.5, 0.6) is 17.2 Å². The molecule has 130 valence electrons. The lowest BCUT2D eigenvalue weighted by atomic mass is 10.1. The largest absolute Gasteiger partial charge is 0.482 e. The smallest absolute Gasteiger partial charge is 0.344 e. The summed E-state index contributed by atoms with van der Waals surface area (Å²) in [4.78, 5) is 23.9. The molecule has 1 heterocycles. The Bertz CT molecular complexity index is 812. The van der Waals surface area contributed by atoms with Gasteiger partial charge in [0, 0.05) is 5.56 Å². The highest BCUT2D eigenvalue weighted by Gasteiger charge is 2.17. The predicted molar refractivity (Wildman–Crippen MR) is 89.3 cm³/mol. The third kappa shape index (κ3) is 4.09. The highest BCUT2D eigenvalue weighted by Crippen LogP contribution is 2.32. The molecule has 2 aromatic carbocycles. The minimum Gasteiger partial charge on any atom is -0.482 e. The summed E-state index contributed by atoms with van der Waals surface area (Å²) in [6, 6.07) is 10.5. The van der Waals surface area contributed by atoms with Gasteiger partial charge in [-0.05, 0) is 43.7 Å². The van der Waals surface area contributed by atoms with E-state index < -0.39 is 5.97 Å². The van der Waals surface area contributed by atoms with Crippen molar-refractivity contribution >= 4 is 11.8 Å². The Kier molecular flexibility index (Phi) is 4.88. The number of aryl methyl sites for hydroxylation is 2. The second-order valence-corrected chi connectivity index (χ2v) is 5.71. The highest BCUT2D eigenvalue weighted by molar-refractivity contribution is 5.98. The molecule has 0 radical (unpaired) electrons. The van der Waals surface area contributed by atoms with E-state index in [0.29, 0.717) is 22.8 Å². The molecule has 0 unspecified atom stereocenters. The van der Waals surface area contributed by atoms with Crippen molar-refractivity contribution in [3.63, 3.8) is 0 Å². The molecular weight excluding hydrogens is 324 g/mol. The molecule has 0 aliphatic carbocycles. The van der Waals surface area contributed by atoms with E-state index in [2.05, 4.69) is 0 Å². The quantitative estimate of drug-likeness (QED) is 0.594. The lowest BCUT2D eigenvalue weighted by molar-refractivity contribution is -0.144. The first kappa shape index (κ1) is 16.8. The van der Waals surface area contributed by atoms with Crippen molar-refractivity contribution in [1.29, 1.82) is 0 Å². The van der Waals surface area contributed by atoms with Crippen LogP contribution in [-0.2, 0) is 9.53 Å². The molecule has 1 aliphatic rings. The van der Waals surface area contributed by atoms with Crippen LogP contribution in [0.25, 0.3) is 0 Å². The van der Waals surface area contributed by atoms with Crippen molar-refractivity contribution in [3.8, 4) is 17.2 Å². The Balaban J connectivity index is 1.49. The van der Waals surface area contributed by atoms with E-state index >= 15 is 0 Å². The highest BCUT2D eigenvalue weighted by atomic mass is 16.7. The fourth-order valence-electron chi connectivity index (χ4n) is 2.44. The van der Waals surface area contributed by atoms with Gasteiger partial charge in [0.05, 0.1) is 0 Å². The summed E-state index contributed by atoms with van der Waals surface area (Å²) in [6.45, 7) is 3.41. The first-order valence-corrected chi connectivity index (χ1v) is 7.81. The topological polar surface area (TPSA) is 71.1 Å². The molecule has 2 aromatic rings. The van der Waals surface area contributed by atoms with Gasteiger partial charge in [0.2, 0.25) is 6.79 Å². The summed E-state index contributed by atoms with van der Waals surface area (Å²) < 4.78 is 20.8. The maximum absolute atomic E-state index is 12.1. The lowest BCUT2D eigenvalue weighted by Crippen LogP contribution is -2.19. The molecule has 0 saturated heterocycles. The summed E-state index contributed by atoms with van der Waals surface area (Å²) >= 11 is 0. The molecule has 3 rings (SSSR count). The monoisotopic (exact) mass is 342 g/mol. The Morgan fingerprint density at radius 3 is 2.60 bits per heavy atom. The van der Waals surface area contributed by atoms with E-state index in [1.165, 1.54) is 0 Å². The fourth-order valence-corrected chi connectivity index (χ4v) is 2.44. The molecule has 0 N–H and O–H groups in total. The van der Waals surface area contributed by atoms with Crippen LogP contribution < -0.4 is 14.2 Å². The number of hydrogen-bond donors (Lipinski definition) is 0. The molecule has 25 heavy (non-hydrogen) atoms. The van der Waals surface area contributed by atoms with Crippen molar-refractivity contribution < 1.29 is 28.5 Å². The van der Waals surface area contributed by atoms with Gasteiger partial charge in [0.15, 0.2) is 30.5 Å². The Morgan fingerprint density at radius 1 is 1.00 bits per heavy atom. The molecule has 0 atom stereocenters. The van der Waals surface area contributed by atoms with Gasteiger partial charge < -0.3 is 18.9 Å². The van der Waals surface area contributed by atoms with Crippen molar-refractivity contribution in [2.45, 2.75) is 13.8 Å². The minimum atomic E-state index is -0.603. The average molecular weight is 342 g/mol. The van der Waals surface area contributed by atoms with E-state index in [1.807, 2.05) is 26.0 Å². The van der Waals surface area contributed by atoms with Crippen molar-refractivity contribution in [1.82, 2.24) is 0 Å². The molecular formula is C19H18O6. The number of ether oxygens (including phenoxy) is 4. The molecule has 6 heteroatoms. The third-order valence-corrected chi connectivity index (χ3v) is 3.73. The van der Waals surface area contributed by atoms with E-state index in [9.17, 15) is 9.59 Å². The van der Waals surface area contributed by atoms with Gasteiger partial charge in [-0.2, -0.15) is 0 Å². The Morgan fingerprint density at radius 2 is 1.80 bits per heavy atom. The van der Waals surface area contributed by atoms with E-state index in [0.717, 1.165) is 11.1 Å². The molecule has 0 bridgehead atoms. The van der Waals surface area contributed by atoms with Crippen molar-refractivity contribution in [3.05, 3.63) is 53.1 Å². The van der Waals surface area contributed by atoms with Gasteiger partial charge in [-0.25, -0.2) is 4.79 Å². The normalized spacial score (nSPS) is 11.9. The summed E-state index contributed by atoms with van der Waals surface area (Å²) in [5, 5.41) is 0. The molecule has 0 aromatic heterocycles. The number of ketones is 1. The van der Waals surface area contributed by atoms with Crippen LogP contribution in [0.4, 0.5) is 0 Å². The lowest BCUT2D eigenvalue weighted by Gasteiger charge is -2.09. The summed E-state index contributed by atoms with van der Waals surface area (Å²) in [5.74, 6) is 0.794. The van der Waals surface area contributed by atoms with E-state index in [1.54, 1.807) is 24.3 Å². The minimum absolute atomic E-state index is 0.137. The number of rotatable bonds is 6. The van der Waals surface area contributed by atoms with E-state index in [-0.39, 0.29) is 25.8 Å². The van der Waals surface area contributed by atoms with Crippen LogP contribution in [-0.4, -0.2) is 31.8 Å². The summed E-state index contributed by atoms with van der Waals surface area (Å²) in [7, 11) is 0. The van der Waals surface area contributed by atoms with Crippen LogP contribution in [0.1, 0.15) is 21.5 Å². The molecule has 6 nitrogen and oxygen atoms in total. The van der Waals surface area contributed by atoms with Crippen LogP contribution in [0.15, 0.2) is 36.4 Å². The van der Waals surface area contributed by atoms with Crippen LogP contribution in [0.2, 0.25) is 0 Å². The molecule has 0 fully saturated rings. The van der Waals surface area contributed by atoms with Gasteiger partial charge >= 0.3 is 5.97 Å². The SMILES string of the molecule is Cc1ccc(OCC(=O)OCC(=O)c2ccc3c(c2)OCO3)c(C)c1. The number of Topliss-reactive ketones (excluding diaryl/α,β-unsaturated/α-hetero) is 1. The Hall–Kier alpha value is -3.02. The number of fused-ring (bicyclic) bond motifs is 1. The number of esters is 1. The molecule has 0 saturated carbocycles. The van der Waals surface area contributed by atoms with Crippen LogP contribution in [0, 0.1) is 13.8 Å². The zero-order chi connectivity index (χ0) is 17.8. The van der Waals surface area contributed by atoms with Crippen LogP contribution in [0.3, 0.4) is 0 Å². The molecule has 0 amide bonds. The summed E-state index contributed by atoms with van der Waals surface area (Å²) in [6.07, 6.45) is 0. The number of benzene rings is 2. The second kappa shape index (κ2) is 7.25. The third-order valence-electron chi connectivity index (χ3n) is 3.73.